The zero-order valence-electron chi connectivity index (χ0n) is 11.2. The Bertz CT molecular complexity index is 348. The molecule has 0 aliphatic heterocycles. The Hall–Kier alpha value is -0.390. The van der Waals surface area contributed by atoms with Crippen molar-refractivity contribution in [1.29, 1.82) is 0 Å². The van der Waals surface area contributed by atoms with Gasteiger partial charge in [0, 0.05) is 12.5 Å². The lowest BCUT2D eigenvalue weighted by molar-refractivity contribution is 0.360. The number of halogens is 1. The summed E-state index contributed by atoms with van der Waals surface area (Å²) in [5, 5.41) is 4.43. The van der Waals surface area contributed by atoms with Crippen molar-refractivity contribution < 1.29 is 0 Å². The van der Waals surface area contributed by atoms with Crippen molar-refractivity contribution in [3.8, 4) is 0 Å². The summed E-state index contributed by atoms with van der Waals surface area (Å²) in [7, 11) is 4.15. The summed E-state index contributed by atoms with van der Waals surface area (Å²) in [5.41, 5.74) is 7.00. The van der Waals surface area contributed by atoms with Crippen LogP contribution in [0.1, 0.15) is 25.5 Å². The lowest BCUT2D eigenvalue weighted by Crippen LogP contribution is -2.23. The normalized spacial score (nSPS) is 15.2. The monoisotopic (exact) mass is 302 g/mol. The number of rotatable bonds is 6. The van der Waals surface area contributed by atoms with Crippen molar-refractivity contribution in [2.75, 3.05) is 27.2 Å². The van der Waals surface area contributed by atoms with Gasteiger partial charge in [0.1, 0.15) is 0 Å². The molecule has 0 aliphatic carbocycles. The smallest absolute Gasteiger partial charge is 0.0635 e. The molecule has 0 fully saturated rings. The summed E-state index contributed by atoms with van der Waals surface area (Å²) >= 11 is 3.58. The molecule has 5 heteroatoms. The van der Waals surface area contributed by atoms with Crippen LogP contribution >= 0.6 is 15.9 Å². The topological polar surface area (TPSA) is 47.1 Å². The van der Waals surface area contributed by atoms with E-state index in [1.54, 1.807) is 0 Å². The molecule has 2 unspecified atom stereocenters. The predicted octanol–water partition coefficient (Wildman–Crippen LogP) is 1.91. The van der Waals surface area contributed by atoms with E-state index in [9.17, 15) is 0 Å². The maximum atomic E-state index is 5.75. The molecule has 1 aromatic rings. The maximum absolute atomic E-state index is 5.75. The van der Waals surface area contributed by atoms with Crippen molar-refractivity contribution >= 4 is 15.9 Å². The summed E-state index contributed by atoms with van der Waals surface area (Å²) in [5.74, 6) is 0.875. The van der Waals surface area contributed by atoms with E-state index in [0.29, 0.717) is 18.4 Å². The van der Waals surface area contributed by atoms with E-state index in [2.05, 4.69) is 58.6 Å². The van der Waals surface area contributed by atoms with Crippen LogP contribution in [0.15, 0.2) is 10.7 Å². The fourth-order valence-electron chi connectivity index (χ4n) is 1.77. The van der Waals surface area contributed by atoms with Gasteiger partial charge in [0.15, 0.2) is 0 Å². The molecule has 2 atom stereocenters. The molecule has 2 N–H and O–H groups in total. The second kappa shape index (κ2) is 6.52. The van der Waals surface area contributed by atoms with Gasteiger partial charge in [-0.3, -0.25) is 4.68 Å². The number of hydrogen-bond acceptors (Lipinski definition) is 3. The largest absolute Gasteiger partial charge is 0.330 e. The van der Waals surface area contributed by atoms with E-state index < -0.39 is 0 Å². The Morgan fingerprint density at radius 3 is 2.65 bits per heavy atom. The minimum absolute atomic E-state index is 0.416. The minimum atomic E-state index is 0.416. The first kappa shape index (κ1) is 14.7. The molecular formula is C12H23BrN4. The number of nitrogens with zero attached hydrogens (tertiary/aromatic N) is 3. The van der Waals surface area contributed by atoms with Crippen LogP contribution in [0.4, 0.5) is 0 Å². The minimum Gasteiger partial charge on any atom is -0.330 e. The Morgan fingerprint density at radius 2 is 2.12 bits per heavy atom. The molecule has 0 bridgehead atoms. The molecule has 0 saturated heterocycles. The van der Waals surface area contributed by atoms with Gasteiger partial charge < -0.3 is 10.6 Å². The summed E-state index contributed by atoms with van der Waals surface area (Å²) in [4.78, 5) is 2.16. The molecular weight excluding hydrogens is 280 g/mol. The van der Waals surface area contributed by atoms with Crippen molar-refractivity contribution in [2.45, 2.75) is 26.3 Å². The van der Waals surface area contributed by atoms with E-state index in [1.807, 2.05) is 6.20 Å². The summed E-state index contributed by atoms with van der Waals surface area (Å²) in [6.07, 6.45) is 1.88. The standard InChI is InChI=1S/C12H23BrN4/c1-9(7-14)10(2)12-11(13)8-15-17(12)6-5-16(3)4/h8-10H,5-7,14H2,1-4H3. The third-order valence-electron chi connectivity index (χ3n) is 3.25. The third kappa shape index (κ3) is 3.79. The van der Waals surface area contributed by atoms with Crippen LogP contribution in [-0.4, -0.2) is 41.9 Å². The highest BCUT2D eigenvalue weighted by molar-refractivity contribution is 9.10. The Kier molecular flexibility index (Phi) is 5.62. The van der Waals surface area contributed by atoms with Gasteiger partial charge in [-0.25, -0.2) is 0 Å². The highest BCUT2D eigenvalue weighted by Crippen LogP contribution is 2.29. The number of aromatic nitrogens is 2. The molecule has 0 aromatic carbocycles. The summed E-state index contributed by atoms with van der Waals surface area (Å²) in [6, 6.07) is 0. The van der Waals surface area contributed by atoms with Gasteiger partial charge in [-0.15, -0.1) is 0 Å². The zero-order chi connectivity index (χ0) is 13.0. The molecule has 0 amide bonds. The van der Waals surface area contributed by atoms with Crippen LogP contribution in [-0.2, 0) is 6.54 Å². The molecule has 1 heterocycles. The average molecular weight is 303 g/mol. The predicted molar refractivity (Wildman–Crippen MR) is 75.1 cm³/mol. The first-order valence-corrected chi connectivity index (χ1v) is 6.82. The van der Waals surface area contributed by atoms with Gasteiger partial charge in [-0.2, -0.15) is 5.10 Å². The second-order valence-electron chi connectivity index (χ2n) is 4.91. The lowest BCUT2D eigenvalue weighted by Gasteiger charge is -2.21. The van der Waals surface area contributed by atoms with Crippen LogP contribution in [0.5, 0.6) is 0 Å². The van der Waals surface area contributed by atoms with Gasteiger partial charge in [0.2, 0.25) is 0 Å². The molecule has 0 aliphatic rings. The number of nitrogens with two attached hydrogens (primary N) is 1. The molecule has 98 valence electrons. The molecule has 0 radical (unpaired) electrons. The molecule has 4 nitrogen and oxygen atoms in total. The van der Waals surface area contributed by atoms with E-state index in [-0.39, 0.29) is 0 Å². The van der Waals surface area contributed by atoms with Crippen molar-refractivity contribution in [3.63, 3.8) is 0 Å². The number of likely N-dealkylation sites (N-methyl/N-ethyl adjacent to an activating group) is 1. The molecule has 17 heavy (non-hydrogen) atoms. The Morgan fingerprint density at radius 1 is 1.47 bits per heavy atom. The van der Waals surface area contributed by atoms with E-state index in [0.717, 1.165) is 17.6 Å². The molecule has 1 rings (SSSR count). The van der Waals surface area contributed by atoms with Crippen molar-refractivity contribution in [1.82, 2.24) is 14.7 Å². The molecule has 1 aromatic heterocycles. The van der Waals surface area contributed by atoms with E-state index in [4.69, 9.17) is 5.73 Å². The molecule has 0 spiro atoms. The van der Waals surface area contributed by atoms with Gasteiger partial charge in [-0.05, 0) is 42.5 Å². The fraction of sp³-hybridized carbons (Fsp3) is 0.750. The van der Waals surface area contributed by atoms with E-state index in [1.165, 1.54) is 5.69 Å². The van der Waals surface area contributed by atoms with Gasteiger partial charge in [-0.1, -0.05) is 13.8 Å². The van der Waals surface area contributed by atoms with Crippen LogP contribution in [0.25, 0.3) is 0 Å². The SMILES string of the molecule is CC(CN)C(C)c1c(Br)cnn1CCN(C)C. The molecule has 0 saturated carbocycles. The Labute approximate surface area is 112 Å². The van der Waals surface area contributed by atoms with Gasteiger partial charge in [0.25, 0.3) is 0 Å². The lowest BCUT2D eigenvalue weighted by atomic mass is 9.93. The quantitative estimate of drug-likeness (QED) is 0.873. The van der Waals surface area contributed by atoms with E-state index >= 15 is 0 Å². The maximum Gasteiger partial charge on any atom is 0.0635 e. The highest BCUT2D eigenvalue weighted by atomic mass is 79.9. The summed E-state index contributed by atoms with van der Waals surface area (Å²) in [6.45, 7) is 7.00. The average Bonchev–Trinajstić information content (AvgIpc) is 2.65. The van der Waals surface area contributed by atoms with Gasteiger partial charge in [0.05, 0.1) is 22.9 Å². The first-order valence-electron chi connectivity index (χ1n) is 6.03. The zero-order valence-corrected chi connectivity index (χ0v) is 12.7. The van der Waals surface area contributed by atoms with Crippen LogP contribution in [0.2, 0.25) is 0 Å². The summed E-state index contributed by atoms with van der Waals surface area (Å²) < 4.78 is 3.17. The van der Waals surface area contributed by atoms with Crippen LogP contribution < -0.4 is 5.73 Å². The first-order chi connectivity index (χ1) is 7.97. The second-order valence-corrected chi connectivity index (χ2v) is 5.76. The van der Waals surface area contributed by atoms with Crippen LogP contribution in [0, 0.1) is 5.92 Å². The third-order valence-corrected chi connectivity index (χ3v) is 3.86. The van der Waals surface area contributed by atoms with Gasteiger partial charge >= 0.3 is 0 Å². The Balaban J connectivity index is 2.85. The fourth-order valence-corrected chi connectivity index (χ4v) is 2.43. The number of hydrogen-bond donors (Lipinski definition) is 1. The van der Waals surface area contributed by atoms with Crippen molar-refractivity contribution in [2.24, 2.45) is 11.7 Å². The highest BCUT2D eigenvalue weighted by Gasteiger charge is 2.20. The van der Waals surface area contributed by atoms with Crippen LogP contribution in [0.3, 0.4) is 0 Å². The van der Waals surface area contributed by atoms with Crippen molar-refractivity contribution in [3.05, 3.63) is 16.4 Å².